The van der Waals surface area contributed by atoms with Gasteiger partial charge in [-0.3, -0.25) is 14.8 Å². The van der Waals surface area contributed by atoms with Gasteiger partial charge in [0.05, 0.1) is 9.90 Å². The fraction of sp³-hybridized carbons (Fsp3) is 0.167. The molecule has 3 aromatic rings. The van der Waals surface area contributed by atoms with Crippen molar-refractivity contribution < 1.29 is 9.21 Å². The zero-order valence-corrected chi connectivity index (χ0v) is 13.8. The summed E-state index contributed by atoms with van der Waals surface area (Å²) < 4.78 is 7.91. The third-order valence-electron chi connectivity index (χ3n) is 2.88. The van der Waals surface area contributed by atoms with E-state index in [9.17, 15) is 4.79 Å². The van der Waals surface area contributed by atoms with Gasteiger partial charge in [-0.1, -0.05) is 28.3 Å². The Kier molecular flexibility index (Phi) is 3.90. The number of nitrogens with zero attached hydrogens (tertiary/aromatic N) is 4. The monoisotopic (exact) mass is 357 g/mol. The average molecular weight is 358 g/mol. The predicted molar refractivity (Wildman–Crippen MR) is 83.5 cm³/mol. The maximum absolute atomic E-state index is 12.0. The quantitative estimate of drug-likeness (QED) is 0.776. The summed E-state index contributed by atoms with van der Waals surface area (Å²) in [6.07, 6.45) is 0. The van der Waals surface area contributed by atoms with E-state index in [4.69, 9.17) is 27.6 Å². The van der Waals surface area contributed by atoms with Gasteiger partial charge in [-0.05, 0) is 19.1 Å². The first kappa shape index (κ1) is 15.0. The molecule has 0 fully saturated rings. The topological polar surface area (TPSA) is 85.8 Å². The highest BCUT2D eigenvalue weighted by atomic mass is 35.5. The number of amides is 1. The van der Waals surface area contributed by atoms with Gasteiger partial charge in [0.15, 0.2) is 5.69 Å². The first-order valence-electron chi connectivity index (χ1n) is 6.04. The summed E-state index contributed by atoms with van der Waals surface area (Å²) in [5.74, 6) is -0.256. The lowest BCUT2D eigenvalue weighted by atomic mass is 10.3. The molecule has 0 aliphatic heterocycles. The van der Waals surface area contributed by atoms with Crippen LogP contribution in [0.5, 0.6) is 0 Å². The van der Waals surface area contributed by atoms with Gasteiger partial charge in [0.1, 0.15) is 4.34 Å². The normalized spacial score (nSPS) is 10.9. The van der Waals surface area contributed by atoms with Crippen LogP contribution in [0.2, 0.25) is 8.67 Å². The summed E-state index contributed by atoms with van der Waals surface area (Å²) in [4.78, 5) is 12.0. The van der Waals surface area contributed by atoms with Crippen molar-refractivity contribution in [3.05, 3.63) is 32.2 Å². The molecule has 22 heavy (non-hydrogen) atoms. The Balaban J connectivity index is 1.79. The van der Waals surface area contributed by atoms with Crippen LogP contribution in [0.3, 0.4) is 0 Å². The lowest BCUT2D eigenvalue weighted by molar-refractivity contribution is 0.101. The zero-order chi connectivity index (χ0) is 15.9. The Morgan fingerprint density at radius 3 is 2.73 bits per heavy atom. The number of rotatable bonds is 3. The van der Waals surface area contributed by atoms with Gasteiger partial charge in [-0.25, -0.2) is 0 Å². The molecule has 0 radical (unpaired) electrons. The molecule has 3 rings (SSSR count). The Morgan fingerprint density at radius 1 is 1.36 bits per heavy atom. The lowest BCUT2D eigenvalue weighted by Crippen LogP contribution is -2.13. The smallest absolute Gasteiger partial charge is 0.322 e. The first-order chi connectivity index (χ1) is 10.4. The van der Waals surface area contributed by atoms with E-state index in [1.807, 2.05) is 6.92 Å². The average Bonchev–Trinajstić information content (AvgIpc) is 3.11. The molecular weight excluding hydrogens is 349 g/mol. The second-order valence-electron chi connectivity index (χ2n) is 4.40. The number of hydrogen-bond donors (Lipinski definition) is 1. The maximum atomic E-state index is 12.0. The Bertz CT molecular complexity index is 834. The van der Waals surface area contributed by atoms with Crippen molar-refractivity contribution in [3.8, 4) is 11.5 Å². The number of carbonyl (C=O) groups excluding carboxylic acids is 1. The van der Waals surface area contributed by atoms with E-state index in [-0.39, 0.29) is 17.6 Å². The lowest BCUT2D eigenvalue weighted by Gasteiger charge is -1.95. The van der Waals surface area contributed by atoms with Crippen molar-refractivity contribution >= 4 is 46.5 Å². The minimum absolute atomic E-state index is 0.0401. The van der Waals surface area contributed by atoms with E-state index in [0.717, 1.165) is 5.69 Å². The summed E-state index contributed by atoms with van der Waals surface area (Å²) in [6.45, 7) is 1.84. The van der Waals surface area contributed by atoms with Crippen molar-refractivity contribution in [3.63, 3.8) is 0 Å². The molecule has 7 nitrogen and oxygen atoms in total. The molecule has 3 heterocycles. The summed E-state index contributed by atoms with van der Waals surface area (Å²) in [5.41, 5.74) is 1.64. The van der Waals surface area contributed by atoms with Gasteiger partial charge < -0.3 is 4.42 Å². The molecule has 0 bridgehead atoms. The Labute approximate surface area is 138 Å². The molecule has 0 aliphatic carbocycles. The number of thiophene rings is 1. The molecule has 0 aromatic carbocycles. The van der Waals surface area contributed by atoms with Gasteiger partial charge in [0.25, 0.3) is 11.8 Å². The van der Waals surface area contributed by atoms with Crippen LogP contribution in [0, 0.1) is 6.92 Å². The first-order valence-corrected chi connectivity index (χ1v) is 7.62. The molecule has 1 N–H and O–H groups in total. The van der Waals surface area contributed by atoms with E-state index >= 15 is 0 Å². The van der Waals surface area contributed by atoms with Crippen LogP contribution in [0.25, 0.3) is 11.5 Å². The number of halogens is 2. The van der Waals surface area contributed by atoms with Crippen LogP contribution in [0.15, 0.2) is 16.5 Å². The third kappa shape index (κ3) is 2.85. The molecule has 0 spiro atoms. The third-order valence-corrected chi connectivity index (χ3v) is 4.37. The van der Waals surface area contributed by atoms with Gasteiger partial charge in [-0.2, -0.15) is 5.10 Å². The van der Waals surface area contributed by atoms with Crippen molar-refractivity contribution in [1.29, 1.82) is 0 Å². The second-order valence-corrected chi connectivity index (χ2v) is 6.68. The summed E-state index contributed by atoms with van der Waals surface area (Å²) in [5, 5.41) is 14.1. The number of anilines is 1. The van der Waals surface area contributed by atoms with Gasteiger partial charge in [0, 0.05) is 12.7 Å². The zero-order valence-electron chi connectivity index (χ0n) is 11.4. The van der Waals surface area contributed by atoms with Crippen molar-refractivity contribution in [2.75, 3.05) is 5.32 Å². The second kappa shape index (κ2) is 5.71. The maximum Gasteiger partial charge on any atom is 0.322 e. The van der Waals surface area contributed by atoms with Gasteiger partial charge in [0.2, 0.25) is 0 Å². The molecular formula is C12H9Cl2N5O2S. The largest absolute Gasteiger partial charge is 0.403 e. The number of aryl methyl sites for hydroxylation is 2. The highest BCUT2D eigenvalue weighted by Gasteiger charge is 2.18. The van der Waals surface area contributed by atoms with Gasteiger partial charge in [-0.15, -0.1) is 16.4 Å². The van der Waals surface area contributed by atoms with Crippen LogP contribution >= 0.6 is 34.5 Å². The van der Waals surface area contributed by atoms with Crippen LogP contribution < -0.4 is 5.32 Å². The van der Waals surface area contributed by atoms with Crippen molar-refractivity contribution in [2.45, 2.75) is 6.92 Å². The number of nitrogens with one attached hydrogen (secondary N) is 1. The molecule has 1 amide bonds. The predicted octanol–water partition coefficient (Wildman–Crippen LogP) is 3.40. The molecule has 0 unspecified atom stereocenters. The molecule has 0 saturated carbocycles. The molecule has 114 valence electrons. The van der Waals surface area contributed by atoms with E-state index in [0.29, 0.717) is 14.2 Å². The fourth-order valence-corrected chi connectivity index (χ4v) is 3.15. The molecule has 10 heteroatoms. The number of carbonyl (C=O) groups is 1. The summed E-state index contributed by atoms with van der Waals surface area (Å²) >= 11 is 13.1. The Morgan fingerprint density at radius 2 is 2.14 bits per heavy atom. The molecule has 0 aliphatic rings. The summed E-state index contributed by atoms with van der Waals surface area (Å²) in [6, 6.07) is 3.24. The minimum atomic E-state index is -0.437. The fourth-order valence-electron chi connectivity index (χ4n) is 1.70. The van der Waals surface area contributed by atoms with Crippen molar-refractivity contribution in [2.24, 2.45) is 7.05 Å². The highest BCUT2D eigenvalue weighted by molar-refractivity contribution is 7.20. The van der Waals surface area contributed by atoms with E-state index < -0.39 is 5.91 Å². The van der Waals surface area contributed by atoms with Gasteiger partial charge >= 0.3 is 6.01 Å². The summed E-state index contributed by atoms with van der Waals surface area (Å²) in [7, 11) is 1.75. The van der Waals surface area contributed by atoms with E-state index in [2.05, 4.69) is 20.6 Å². The van der Waals surface area contributed by atoms with Crippen LogP contribution in [0.4, 0.5) is 6.01 Å². The van der Waals surface area contributed by atoms with Crippen LogP contribution in [-0.4, -0.2) is 25.9 Å². The highest BCUT2D eigenvalue weighted by Crippen LogP contribution is 2.37. The van der Waals surface area contributed by atoms with E-state index in [1.54, 1.807) is 23.9 Å². The molecule has 3 aromatic heterocycles. The van der Waals surface area contributed by atoms with Crippen LogP contribution in [0.1, 0.15) is 16.2 Å². The molecule has 0 atom stereocenters. The van der Waals surface area contributed by atoms with E-state index in [1.165, 1.54) is 11.3 Å². The Hall–Kier alpha value is -1.90. The number of hydrogen-bond acceptors (Lipinski definition) is 6. The SMILES string of the molecule is Cc1cc(C(=O)Nc2nnc(-c3cc(Cl)sc3Cl)o2)nn1C. The number of aromatic nitrogens is 4. The minimum Gasteiger partial charge on any atom is -0.403 e. The molecule has 0 saturated heterocycles. The van der Waals surface area contributed by atoms with Crippen LogP contribution in [-0.2, 0) is 7.05 Å². The standard InChI is InChI=1S/C12H9Cl2N5O2S/c1-5-3-7(18-19(5)2)10(20)15-12-17-16-11(21-12)6-4-8(13)22-9(6)14/h3-4H,1-2H3,(H,15,17,20). The van der Waals surface area contributed by atoms with Crippen molar-refractivity contribution in [1.82, 2.24) is 20.0 Å².